The van der Waals surface area contributed by atoms with E-state index >= 15 is 0 Å². The van der Waals surface area contributed by atoms with Crippen LogP contribution < -0.4 is 10.6 Å². The average Bonchev–Trinajstić information content (AvgIpc) is 2.53. The van der Waals surface area contributed by atoms with Crippen LogP contribution in [0.25, 0.3) is 21.7 Å². The molecule has 0 amide bonds. The Morgan fingerprint density at radius 2 is 2.14 bits per heavy atom. The van der Waals surface area contributed by atoms with E-state index in [1.165, 1.54) is 0 Å². The van der Waals surface area contributed by atoms with Crippen molar-refractivity contribution in [1.82, 2.24) is 15.3 Å². The number of aromatic nitrogens is 2. The van der Waals surface area contributed by atoms with Crippen LogP contribution in [0.4, 0.5) is 5.69 Å². The van der Waals surface area contributed by atoms with Gasteiger partial charge in [0.2, 0.25) is 0 Å². The van der Waals surface area contributed by atoms with Crippen LogP contribution in [0.2, 0.25) is 0 Å². The summed E-state index contributed by atoms with van der Waals surface area (Å²) < 4.78 is 0. The topological polar surface area (TPSA) is 70.1 Å². The molecule has 0 radical (unpaired) electrons. The Morgan fingerprint density at radius 3 is 3.00 bits per heavy atom. The zero-order chi connectivity index (χ0) is 14.7. The molecule has 3 rings (SSSR count). The fourth-order valence-electron chi connectivity index (χ4n) is 2.24. The van der Waals surface area contributed by atoms with Gasteiger partial charge in [-0.05, 0) is 41.9 Å². The van der Waals surface area contributed by atoms with Crippen molar-refractivity contribution in [2.45, 2.75) is 0 Å². The first-order valence-corrected chi connectivity index (χ1v) is 6.97. The number of hydrogen-bond donors (Lipinski definition) is 3. The van der Waals surface area contributed by atoms with Gasteiger partial charge in [0.25, 0.3) is 0 Å². The van der Waals surface area contributed by atoms with E-state index in [9.17, 15) is 0 Å². The molecular formula is C15H14N4OS. The Kier molecular flexibility index (Phi) is 3.89. The zero-order valence-electron chi connectivity index (χ0n) is 11.2. The molecule has 0 aliphatic rings. The number of nitrogens with one attached hydrogen (secondary N) is 2. The maximum absolute atomic E-state index is 8.83. The number of fused-ring (bicyclic) bond motifs is 3. The van der Waals surface area contributed by atoms with Crippen LogP contribution in [0, 0.1) is 0 Å². The van der Waals surface area contributed by atoms with Crippen molar-refractivity contribution in [3.05, 3.63) is 42.9 Å². The van der Waals surface area contributed by atoms with Gasteiger partial charge in [0.05, 0.1) is 17.8 Å². The van der Waals surface area contributed by atoms with Crippen LogP contribution in [-0.4, -0.2) is 33.3 Å². The molecule has 2 aromatic heterocycles. The summed E-state index contributed by atoms with van der Waals surface area (Å²) in [6.45, 7) is 0.451. The van der Waals surface area contributed by atoms with Crippen LogP contribution in [0.3, 0.4) is 0 Å². The minimum Gasteiger partial charge on any atom is -0.395 e. The molecule has 0 saturated heterocycles. The van der Waals surface area contributed by atoms with Gasteiger partial charge >= 0.3 is 0 Å². The average molecular weight is 298 g/mol. The second kappa shape index (κ2) is 5.99. The number of thiocarbonyl (C=S) groups is 1. The molecule has 3 aromatic rings. The summed E-state index contributed by atoms with van der Waals surface area (Å²) in [6, 6.07) is 7.85. The van der Waals surface area contributed by atoms with Gasteiger partial charge in [-0.1, -0.05) is 0 Å². The fourth-order valence-corrected chi connectivity index (χ4v) is 2.45. The molecule has 0 fully saturated rings. The van der Waals surface area contributed by atoms with Crippen molar-refractivity contribution in [1.29, 1.82) is 0 Å². The summed E-state index contributed by atoms with van der Waals surface area (Å²) in [6.07, 6.45) is 5.33. The standard InChI is InChI=1S/C15H14N4OS/c20-7-6-18-15(21)19-13-8-10-3-5-16-9-12(10)14-11(13)2-1-4-17-14/h1-5,8-9,20H,6-7H2,(H2,18,19,21). The van der Waals surface area contributed by atoms with Gasteiger partial charge in [-0.25, -0.2) is 0 Å². The molecule has 21 heavy (non-hydrogen) atoms. The maximum Gasteiger partial charge on any atom is 0.170 e. The molecule has 0 unspecified atom stereocenters. The van der Waals surface area contributed by atoms with Crippen molar-refractivity contribution in [2.24, 2.45) is 0 Å². The SMILES string of the molecule is OCCNC(=S)Nc1cc2ccncc2c2ncccc12. The number of aliphatic hydroxyl groups excluding tert-OH is 1. The summed E-state index contributed by atoms with van der Waals surface area (Å²) in [7, 11) is 0. The van der Waals surface area contributed by atoms with E-state index in [1.807, 2.05) is 30.5 Å². The van der Waals surface area contributed by atoms with E-state index in [0.29, 0.717) is 11.7 Å². The molecule has 3 N–H and O–H groups in total. The number of anilines is 1. The third-order valence-electron chi connectivity index (χ3n) is 3.15. The molecule has 1 aromatic carbocycles. The number of pyridine rings is 2. The van der Waals surface area contributed by atoms with E-state index in [4.69, 9.17) is 17.3 Å². The Hall–Kier alpha value is -2.31. The number of rotatable bonds is 3. The summed E-state index contributed by atoms with van der Waals surface area (Å²) in [5.41, 5.74) is 1.77. The smallest absolute Gasteiger partial charge is 0.170 e. The molecule has 2 heterocycles. The Labute approximate surface area is 127 Å². The predicted molar refractivity (Wildman–Crippen MR) is 88.4 cm³/mol. The zero-order valence-corrected chi connectivity index (χ0v) is 12.0. The molecule has 0 aliphatic heterocycles. The normalized spacial score (nSPS) is 10.7. The van der Waals surface area contributed by atoms with Crippen molar-refractivity contribution < 1.29 is 5.11 Å². The van der Waals surface area contributed by atoms with E-state index in [-0.39, 0.29) is 6.61 Å². The van der Waals surface area contributed by atoms with E-state index in [1.54, 1.807) is 12.4 Å². The highest BCUT2D eigenvalue weighted by molar-refractivity contribution is 7.80. The lowest BCUT2D eigenvalue weighted by Crippen LogP contribution is -2.30. The fraction of sp³-hybridized carbons (Fsp3) is 0.133. The van der Waals surface area contributed by atoms with Crippen LogP contribution >= 0.6 is 12.2 Å². The highest BCUT2D eigenvalue weighted by Gasteiger charge is 2.08. The highest BCUT2D eigenvalue weighted by atomic mass is 32.1. The summed E-state index contributed by atoms with van der Waals surface area (Å²) >= 11 is 5.22. The second-order valence-electron chi connectivity index (χ2n) is 4.53. The number of aliphatic hydroxyl groups is 1. The van der Waals surface area contributed by atoms with Crippen LogP contribution in [0.1, 0.15) is 0 Å². The minimum absolute atomic E-state index is 0.0352. The molecule has 0 aliphatic carbocycles. The number of hydrogen-bond acceptors (Lipinski definition) is 4. The first-order chi connectivity index (χ1) is 10.3. The first-order valence-electron chi connectivity index (χ1n) is 6.57. The predicted octanol–water partition coefficient (Wildman–Crippen LogP) is 2.06. The van der Waals surface area contributed by atoms with Crippen LogP contribution in [-0.2, 0) is 0 Å². The second-order valence-corrected chi connectivity index (χ2v) is 4.93. The molecule has 0 bridgehead atoms. The van der Waals surface area contributed by atoms with Gasteiger partial charge in [0, 0.05) is 35.9 Å². The Balaban J connectivity index is 2.10. The lowest BCUT2D eigenvalue weighted by atomic mass is 10.1. The molecule has 6 heteroatoms. The van der Waals surface area contributed by atoms with Crippen LogP contribution in [0.5, 0.6) is 0 Å². The van der Waals surface area contributed by atoms with Gasteiger partial charge in [-0.2, -0.15) is 0 Å². The lowest BCUT2D eigenvalue weighted by molar-refractivity contribution is 0.301. The monoisotopic (exact) mass is 298 g/mol. The largest absolute Gasteiger partial charge is 0.395 e. The van der Waals surface area contributed by atoms with E-state index in [0.717, 1.165) is 27.4 Å². The van der Waals surface area contributed by atoms with Gasteiger partial charge in [0.1, 0.15) is 0 Å². The highest BCUT2D eigenvalue weighted by Crippen LogP contribution is 2.29. The van der Waals surface area contributed by atoms with Crippen molar-refractivity contribution >= 4 is 44.7 Å². The molecule has 0 atom stereocenters. The Bertz CT molecular complexity index is 806. The summed E-state index contributed by atoms with van der Waals surface area (Å²) in [5.74, 6) is 0. The molecule has 0 saturated carbocycles. The molecular weight excluding hydrogens is 284 g/mol. The van der Waals surface area contributed by atoms with E-state index < -0.39 is 0 Å². The first kappa shape index (κ1) is 13.7. The van der Waals surface area contributed by atoms with E-state index in [2.05, 4.69) is 20.6 Å². The molecule has 5 nitrogen and oxygen atoms in total. The maximum atomic E-state index is 8.83. The minimum atomic E-state index is 0.0352. The molecule has 106 valence electrons. The van der Waals surface area contributed by atoms with Gasteiger partial charge < -0.3 is 15.7 Å². The van der Waals surface area contributed by atoms with Crippen LogP contribution in [0.15, 0.2) is 42.9 Å². The van der Waals surface area contributed by atoms with Crippen molar-refractivity contribution in [3.63, 3.8) is 0 Å². The van der Waals surface area contributed by atoms with Gasteiger partial charge in [-0.3, -0.25) is 9.97 Å². The Morgan fingerprint density at radius 1 is 1.24 bits per heavy atom. The third-order valence-corrected chi connectivity index (χ3v) is 3.40. The lowest BCUT2D eigenvalue weighted by Gasteiger charge is -2.13. The third kappa shape index (κ3) is 2.76. The number of benzene rings is 1. The quantitative estimate of drug-likeness (QED) is 0.508. The van der Waals surface area contributed by atoms with Crippen molar-refractivity contribution in [2.75, 3.05) is 18.5 Å². The summed E-state index contributed by atoms with van der Waals surface area (Å²) in [4.78, 5) is 8.62. The molecule has 0 spiro atoms. The van der Waals surface area contributed by atoms with Crippen molar-refractivity contribution in [3.8, 4) is 0 Å². The number of nitrogens with zero attached hydrogens (tertiary/aromatic N) is 2. The van der Waals surface area contributed by atoms with Gasteiger partial charge in [-0.15, -0.1) is 0 Å². The van der Waals surface area contributed by atoms with Gasteiger partial charge in [0.15, 0.2) is 5.11 Å². The summed E-state index contributed by atoms with van der Waals surface area (Å²) in [5, 5.41) is 18.4.